The van der Waals surface area contributed by atoms with E-state index in [4.69, 9.17) is 11.6 Å². The number of carbonyl (C=O) groups excluding carboxylic acids is 1. The first-order valence-electron chi connectivity index (χ1n) is 6.54. The molecule has 0 fully saturated rings. The number of amides is 1. The molecule has 0 unspecified atom stereocenters. The molecule has 0 aliphatic carbocycles. The van der Waals surface area contributed by atoms with Gasteiger partial charge in [0.1, 0.15) is 0 Å². The summed E-state index contributed by atoms with van der Waals surface area (Å²) in [6.45, 7) is 8.06. The van der Waals surface area contributed by atoms with Gasteiger partial charge in [0.05, 0.1) is 5.56 Å². The maximum absolute atomic E-state index is 12.0. The summed E-state index contributed by atoms with van der Waals surface area (Å²) in [6.07, 6.45) is 0.950. The van der Waals surface area contributed by atoms with Crippen LogP contribution in [0.4, 0.5) is 0 Å². The number of nitrogens with one attached hydrogen (secondary N) is 1. The Morgan fingerprint density at radius 2 is 2.05 bits per heavy atom. The molecule has 1 aromatic carbocycles. The van der Waals surface area contributed by atoms with Crippen LogP contribution in [-0.2, 0) is 0 Å². The lowest BCUT2D eigenvalue weighted by Gasteiger charge is -2.17. The van der Waals surface area contributed by atoms with Crippen molar-refractivity contribution in [2.75, 3.05) is 26.2 Å². The second-order valence-corrected chi connectivity index (χ2v) is 5.55. The van der Waals surface area contributed by atoms with Crippen LogP contribution < -0.4 is 5.32 Å². The van der Waals surface area contributed by atoms with Crippen molar-refractivity contribution in [3.63, 3.8) is 0 Å². The van der Waals surface area contributed by atoms with Gasteiger partial charge in [-0.25, -0.2) is 0 Å². The lowest BCUT2D eigenvalue weighted by molar-refractivity contribution is 0.0951. The maximum Gasteiger partial charge on any atom is 0.252 e. The highest BCUT2D eigenvalue weighted by Crippen LogP contribution is 2.20. The summed E-state index contributed by atoms with van der Waals surface area (Å²) < 4.78 is 0.762. The second-order valence-electron chi connectivity index (χ2n) is 4.26. The van der Waals surface area contributed by atoms with Gasteiger partial charge in [-0.2, -0.15) is 0 Å². The molecule has 0 spiro atoms. The van der Waals surface area contributed by atoms with Crippen LogP contribution in [0.1, 0.15) is 30.6 Å². The van der Waals surface area contributed by atoms with Gasteiger partial charge in [-0.3, -0.25) is 4.79 Å². The molecule has 0 aliphatic rings. The Bertz CT molecular complexity index is 422. The van der Waals surface area contributed by atoms with Gasteiger partial charge in [-0.05, 0) is 60.2 Å². The lowest BCUT2D eigenvalue weighted by Crippen LogP contribution is -2.30. The largest absolute Gasteiger partial charge is 0.352 e. The van der Waals surface area contributed by atoms with Crippen LogP contribution >= 0.6 is 27.5 Å². The zero-order valence-electron chi connectivity index (χ0n) is 11.4. The maximum atomic E-state index is 12.0. The van der Waals surface area contributed by atoms with E-state index in [0.29, 0.717) is 17.1 Å². The fourth-order valence-electron chi connectivity index (χ4n) is 1.81. The standard InChI is InChI=1S/C14H20BrClN2O/c1-3-18(4-2)9-5-8-17-14(19)12-10-11(16)6-7-13(12)15/h6-7,10H,3-5,8-9H2,1-2H3,(H,17,19). The Labute approximate surface area is 128 Å². The molecule has 0 atom stereocenters. The lowest BCUT2D eigenvalue weighted by atomic mass is 10.2. The first-order chi connectivity index (χ1) is 9.08. The number of hydrogen-bond donors (Lipinski definition) is 1. The average molecular weight is 348 g/mol. The highest BCUT2D eigenvalue weighted by atomic mass is 79.9. The minimum Gasteiger partial charge on any atom is -0.352 e. The van der Waals surface area contributed by atoms with E-state index in [2.05, 4.69) is 40.0 Å². The van der Waals surface area contributed by atoms with Crippen LogP contribution in [-0.4, -0.2) is 37.0 Å². The molecule has 0 aromatic heterocycles. The molecule has 0 aliphatic heterocycles. The van der Waals surface area contributed by atoms with E-state index >= 15 is 0 Å². The Morgan fingerprint density at radius 1 is 1.37 bits per heavy atom. The van der Waals surface area contributed by atoms with E-state index in [0.717, 1.165) is 30.5 Å². The molecule has 3 nitrogen and oxygen atoms in total. The number of halogens is 2. The van der Waals surface area contributed by atoms with Gasteiger partial charge >= 0.3 is 0 Å². The third-order valence-corrected chi connectivity index (χ3v) is 3.93. The van der Waals surface area contributed by atoms with Gasteiger partial charge in [0.2, 0.25) is 0 Å². The van der Waals surface area contributed by atoms with Crippen LogP contribution in [0.15, 0.2) is 22.7 Å². The van der Waals surface area contributed by atoms with Crippen molar-refractivity contribution in [3.05, 3.63) is 33.3 Å². The van der Waals surface area contributed by atoms with Gasteiger partial charge < -0.3 is 10.2 Å². The van der Waals surface area contributed by atoms with Crippen molar-refractivity contribution < 1.29 is 4.79 Å². The predicted molar refractivity (Wildman–Crippen MR) is 83.9 cm³/mol. The molecule has 19 heavy (non-hydrogen) atoms. The molecule has 0 saturated heterocycles. The normalized spacial score (nSPS) is 10.8. The predicted octanol–water partition coefficient (Wildman–Crippen LogP) is 3.56. The number of carbonyl (C=O) groups is 1. The smallest absolute Gasteiger partial charge is 0.252 e. The molecular weight excluding hydrogens is 328 g/mol. The number of nitrogens with zero attached hydrogens (tertiary/aromatic N) is 1. The summed E-state index contributed by atoms with van der Waals surface area (Å²) in [7, 11) is 0. The van der Waals surface area contributed by atoms with E-state index < -0.39 is 0 Å². The number of rotatable bonds is 7. The van der Waals surface area contributed by atoms with Crippen molar-refractivity contribution in [1.82, 2.24) is 10.2 Å². The molecule has 1 rings (SSSR count). The molecule has 0 radical (unpaired) electrons. The Hall–Kier alpha value is -0.580. The first-order valence-corrected chi connectivity index (χ1v) is 7.71. The van der Waals surface area contributed by atoms with Gasteiger partial charge in [0.25, 0.3) is 5.91 Å². The van der Waals surface area contributed by atoms with Crippen LogP contribution in [0.2, 0.25) is 5.02 Å². The minimum absolute atomic E-state index is 0.0890. The summed E-state index contributed by atoms with van der Waals surface area (Å²) in [6, 6.07) is 5.21. The fraction of sp³-hybridized carbons (Fsp3) is 0.500. The van der Waals surface area contributed by atoms with E-state index in [1.165, 1.54) is 0 Å². The van der Waals surface area contributed by atoms with Crippen LogP contribution in [0.25, 0.3) is 0 Å². The third-order valence-electron chi connectivity index (χ3n) is 3.00. The van der Waals surface area contributed by atoms with E-state index in [-0.39, 0.29) is 5.91 Å². The van der Waals surface area contributed by atoms with Crippen molar-refractivity contribution in [1.29, 1.82) is 0 Å². The van der Waals surface area contributed by atoms with Crippen molar-refractivity contribution in [2.45, 2.75) is 20.3 Å². The second kappa shape index (κ2) is 8.56. The molecule has 106 valence electrons. The van der Waals surface area contributed by atoms with E-state index in [1.54, 1.807) is 18.2 Å². The van der Waals surface area contributed by atoms with Crippen molar-refractivity contribution >= 4 is 33.4 Å². The van der Waals surface area contributed by atoms with Gasteiger partial charge in [0.15, 0.2) is 0 Å². The quantitative estimate of drug-likeness (QED) is 0.765. The van der Waals surface area contributed by atoms with E-state index in [1.807, 2.05) is 0 Å². The topological polar surface area (TPSA) is 32.3 Å². The fourth-order valence-corrected chi connectivity index (χ4v) is 2.41. The number of hydrogen-bond acceptors (Lipinski definition) is 2. The summed E-state index contributed by atoms with van der Waals surface area (Å²) in [5.74, 6) is -0.0890. The van der Waals surface area contributed by atoms with Gasteiger partial charge in [0, 0.05) is 16.0 Å². The molecule has 0 bridgehead atoms. The Balaban J connectivity index is 2.41. The molecule has 5 heteroatoms. The summed E-state index contributed by atoms with van der Waals surface area (Å²) in [5.41, 5.74) is 0.579. The Morgan fingerprint density at radius 3 is 2.68 bits per heavy atom. The summed E-state index contributed by atoms with van der Waals surface area (Å²) >= 11 is 9.25. The highest BCUT2D eigenvalue weighted by Gasteiger charge is 2.10. The molecular formula is C14H20BrClN2O. The molecule has 1 amide bonds. The third kappa shape index (κ3) is 5.51. The molecule has 0 saturated carbocycles. The van der Waals surface area contributed by atoms with Crippen LogP contribution in [0.5, 0.6) is 0 Å². The monoisotopic (exact) mass is 346 g/mol. The molecule has 0 heterocycles. The summed E-state index contributed by atoms with van der Waals surface area (Å²) in [4.78, 5) is 14.3. The SMILES string of the molecule is CCN(CC)CCCNC(=O)c1cc(Cl)ccc1Br. The van der Waals surface area contributed by atoms with Gasteiger partial charge in [-0.1, -0.05) is 25.4 Å². The van der Waals surface area contributed by atoms with Crippen molar-refractivity contribution in [2.24, 2.45) is 0 Å². The van der Waals surface area contributed by atoms with Gasteiger partial charge in [-0.15, -0.1) is 0 Å². The molecule has 1 aromatic rings. The first kappa shape index (κ1) is 16.5. The van der Waals surface area contributed by atoms with E-state index in [9.17, 15) is 4.79 Å². The van der Waals surface area contributed by atoms with Crippen LogP contribution in [0.3, 0.4) is 0 Å². The number of benzene rings is 1. The highest BCUT2D eigenvalue weighted by molar-refractivity contribution is 9.10. The zero-order chi connectivity index (χ0) is 14.3. The van der Waals surface area contributed by atoms with Crippen LogP contribution in [0, 0.1) is 0 Å². The zero-order valence-corrected chi connectivity index (χ0v) is 13.7. The Kier molecular flexibility index (Phi) is 7.42. The van der Waals surface area contributed by atoms with Crippen molar-refractivity contribution in [3.8, 4) is 0 Å². The average Bonchev–Trinajstić information content (AvgIpc) is 2.41. The minimum atomic E-state index is -0.0890. The summed E-state index contributed by atoms with van der Waals surface area (Å²) in [5, 5.41) is 3.48. The molecule has 1 N–H and O–H groups in total.